The van der Waals surface area contributed by atoms with Crippen LogP contribution in [-0.2, 0) is 6.18 Å². The SMILES string of the molecule is CCNc1cc2c(cn1)c(Br)nn2[C@H]1CC[C@@H](Oc2ccc(=O)[nH]c2C(F)(F)F)CC1. The van der Waals surface area contributed by atoms with E-state index in [2.05, 4.69) is 31.3 Å². The summed E-state index contributed by atoms with van der Waals surface area (Å²) in [6, 6.07) is 4.18. The molecule has 1 aliphatic carbocycles. The standard InChI is InChI=1S/C20H21BrF3N5O2/c1-2-25-16-9-14-13(10-26-16)19(21)28-29(14)11-3-5-12(6-4-11)31-15-7-8-17(30)27-18(15)20(22,23)24/h7-12H,2-6H2,1H3,(H,25,26)(H,27,30)/t11-,12+. The van der Waals surface area contributed by atoms with Gasteiger partial charge in [-0.05, 0) is 54.6 Å². The van der Waals surface area contributed by atoms with Crippen LogP contribution in [0.25, 0.3) is 10.9 Å². The number of nitrogens with one attached hydrogen (secondary N) is 2. The predicted molar refractivity (Wildman–Crippen MR) is 113 cm³/mol. The second kappa shape index (κ2) is 8.52. The van der Waals surface area contributed by atoms with Crippen LogP contribution in [0.4, 0.5) is 19.0 Å². The number of anilines is 1. The van der Waals surface area contributed by atoms with Crippen molar-refractivity contribution in [1.29, 1.82) is 0 Å². The summed E-state index contributed by atoms with van der Waals surface area (Å²) >= 11 is 3.48. The van der Waals surface area contributed by atoms with Gasteiger partial charge in [0.2, 0.25) is 5.56 Å². The molecule has 0 spiro atoms. The molecule has 0 aliphatic heterocycles. The van der Waals surface area contributed by atoms with E-state index in [1.807, 2.05) is 22.7 Å². The number of aromatic amines is 1. The molecule has 3 aromatic heterocycles. The number of pyridine rings is 2. The summed E-state index contributed by atoms with van der Waals surface area (Å²) in [5.74, 6) is 0.419. The summed E-state index contributed by atoms with van der Waals surface area (Å²) in [4.78, 5) is 17.5. The zero-order chi connectivity index (χ0) is 22.2. The number of H-pyrrole nitrogens is 1. The lowest BCUT2D eigenvalue weighted by atomic mass is 9.93. The lowest BCUT2D eigenvalue weighted by molar-refractivity contribution is -0.143. The average Bonchev–Trinajstić information content (AvgIpc) is 3.05. The smallest absolute Gasteiger partial charge is 0.435 e. The molecule has 0 unspecified atom stereocenters. The Hall–Kier alpha value is -2.56. The first-order valence-corrected chi connectivity index (χ1v) is 10.8. The van der Waals surface area contributed by atoms with E-state index in [0.29, 0.717) is 30.3 Å². The number of halogens is 4. The number of ether oxygens (including phenoxy) is 1. The first kappa shape index (κ1) is 21.7. The number of nitrogens with zero attached hydrogens (tertiary/aromatic N) is 3. The van der Waals surface area contributed by atoms with Gasteiger partial charge in [-0.3, -0.25) is 9.48 Å². The molecule has 3 heterocycles. The predicted octanol–water partition coefficient (Wildman–Crippen LogP) is 4.90. The molecular formula is C20H21BrF3N5O2. The third-order valence-corrected chi connectivity index (χ3v) is 5.94. The molecule has 4 rings (SSSR count). The van der Waals surface area contributed by atoms with Crippen molar-refractivity contribution in [1.82, 2.24) is 19.7 Å². The number of fused-ring (bicyclic) bond motifs is 1. The quantitative estimate of drug-likeness (QED) is 0.521. The van der Waals surface area contributed by atoms with Gasteiger partial charge in [0, 0.05) is 24.9 Å². The fraction of sp³-hybridized carbons (Fsp3) is 0.450. The van der Waals surface area contributed by atoms with Crippen LogP contribution in [0.15, 0.2) is 33.8 Å². The second-order valence-electron chi connectivity index (χ2n) is 7.46. The third-order valence-electron chi connectivity index (χ3n) is 5.35. The van der Waals surface area contributed by atoms with Gasteiger partial charge in [0.25, 0.3) is 0 Å². The number of alkyl halides is 3. The molecule has 1 aliphatic rings. The summed E-state index contributed by atoms with van der Waals surface area (Å²) in [5.41, 5.74) is -1.01. The maximum Gasteiger partial charge on any atom is 0.435 e. The average molecular weight is 500 g/mol. The Labute approximate surface area is 184 Å². The van der Waals surface area contributed by atoms with Crippen molar-refractivity contribution >= 4 is 32.7 Å². The molecule has 2 N–H and O–H groups in total. The molecule has 0 amide bonds. The van der Waals surface area contributed by atoms with Gasteiger partial charge in [-0.15, -0.1) is 0 Å². The minimum absolute atomic E-state index is 0.100. The number of aromatic nitrogens is 4. The molecule has 1 fully saturated rings. The molecule has 7 nitrogen and oxygen atoms in total. The van der Waals surface area contributed by atoms with Crippen LogP contribution in [0.5, 0.6) is 5.75 Å². The Kier molecular flexibility index (Phi) is 5.96. The van der Waals surface area contributed by atoms with E-state index in [1.165, 1.54) is 0 Å². The molecule has 3 aromatic rings. The fourth-order valence-electron chi connectivity index (χ4n) is 3.91. The highest BCUT2D eigenvalue weighted by Crippen LogP contribution is 2.38. The van der Waals surface area contributed by atoms with Crippen molar-refractivity contribution in [2.45, 2.75) is 50.9 Å². The summed E-state index contributed by atoms with van der Waals surface area (Å²) in [5, 5.41) is 8.71. The molecule has 0 saturated heterocycles. The molecule has 0 radical (unpaired) electrons. The number of hydrogen-bond donors (Lipinski definition) is 2. The van der Waals surface area contributed by atoms with Crippen LogP contribution in [0.1, 0.15) is 44.3 Å². The van der Waals surface area contributed by atoms with Crippen molar-refractivity contribution in [3.8, 4) is 5.75 Å². The van der Waals surface area contributed by atoms with Crippen LogP contribution >= 0.6 is 15.9 Å². The normalized spacial score (nSPS) is 19.5. The summed E-state index contributed by atoms with van der Waals surface area (Å²) in [6.45, 7) is 2.74. The van der Waals surface area contributed by atoms with Gasteiger partial charge in [0.15, 0.2) is 5.69 Å². The Balaban J connectivity index is 1.50. The summed E-state index contributed by atoms with van der Waals surface area (Å²) in [7, 11) is 0. The molecule has 166 valence electrons. The van der Waals surface area contributed by atoms with Crippen LogP contribution in [0.3, 0.4) is 0 Å². The van der Waals surface area contributed by atoms with Gasteiger partial charge in [-0.2, -0.15) is 18.3 Å². The van der Waals surface area contributed by atoms with Crippen molar-refractivity contribution in [3.63, 3.8) is 0 Å². The Bertz CT molecular complexity index is 1140. The zero-order valence-electron chi connectivity index (χ0n) is 16.7. The van der Waals surface area contributed by atoms with Gasteiger partial charge in [-0.1, -0.05) is 0 Å². The third kappa shape index (κ3) is 4.56. The Morgan fingerprint density at radius 3 is 2.71 bits per heavy atom. The fourth-order valence-corrected chi connectivity index (χ4v) is 4.39. The van der Waals surface area contributed by atoms with Gasteiger partial charge in [-0.25, -0.2) is 4.98 Å². The zero-order valence-corrected chi connectivity index (χ0v) is 18.3. The summed E-state index contributed by atoms with van der Waals surface area (Å²) in [6.07, 6.45) is -0.728. The van der Waals surface area contributed by atoms with Crippen LogP contribution < -0.4 is 15.6 Å². The Morgan fingerprint density at radius 2 is 2.03 bits per heavy atom. The van der Waals surface area contributed by atoms with E-state index in [-0.39, 0.29) is 17.9 Å². The number of rotatable bonds is 5. The van der Waals surface area contributed by atoms with E-state index in [4.69, 9.17) is 4.74 Å². The van der Waals surface area contributed by atoms with Gasteiger partial charge in [0.05, 0.1) is 23.0 Å². The van der Waals surface area contributed by atoms with E-state index in [0.717, 1.165) is 35.4 Å². The van der Waals surface area contributed by atoms with E-state index in [1.54, 1.807) is 6.20 Å². The lowest BCUT2D eigenvalue weighted by Crippen LogP contribution is -2.28. The molecule has 0 aromatic carbocycles. The monoisotopic (exact) mass is 499 g/mol. The minimum atomic E-state index is -4.69. The van der Waals surface area contributed by atoms with Crippen molar-refractivity contribution in [2.24, 2.45) is 0 Å². The van der Waals surface area contributed by atoms with Crippen LogP contribution in [-0.4, -0.2) is 32.4 Å². The van der Waals surface area contributed by atoms with E-state index in [9.17, 15) is 18.0 Å². The Morgan fingerprint density at radius 1 is 1.29 bits per heavy atom. The topological polar surface area (TPSA) is 84.8 Å². The highest BCUT2D eigenvalue weighted by Gasteiger charge is 2.37. The lowest BCUT2D eigenvalue weighted by Gasteiger charge is -2.30. The van der Waals surface area contributed by atoms with Crippen LogP contribution in [0.2, 0.25) is 0 Å². The van der Waals surface area contributed by atoms with E-state index < -0.39 is 17.4 Å². The number of hydrogen-bond acceptors (Lipinski definition) is 5. The van der Waals surface area contributed by atoms with Crippen molar-refractivity contribution in [3.05, 3.63) is 45.0 Å². The highest BCUT2D eigenvalue weighted by atomic mass is 79.9. The highest BCUT2D eigenvalue weighted by molar-refractivity contribution is 9.10. The maximum atomic E-state index is 13.2. The summed E-state index contributed by atoms with van der Waals surface area (Å²) < 4.78 is 48.0. The molecule has 0 atom stereocenters. The molecule has 1 saturated carbocycles. The molecule has 11 heteroatoms. The first-order valence-electron chi connectivity index (χ1n) is 10.0. The largest absolute Gasteiger partial charge is 0.488 e. The minimum Gasteiger partial charge on any atom is -0.488 e. The van der Waals surface area contributed by atoms with Gasteiger partial charge < -0.3 is 15.0 Å². The maximum absolute atomic E-state index is 13.2. The van der Waals surface area contributed by atoms with Gasteiger partial charge >= 0.3 is 6.18 Å². The van der Waals surface area contributed by atoms with Crippen LogP contribution in [0, 0.1) is 0 Å². The molecule has 31 heavy (non-hydrogen) atoms. The second-order valence-corrected chi connectivity index (χ2v) is 8.21. The van der Waals surface area contributed by atoms with Crippen molar-refractivity contribution in [2.75, 3.05) is 11.9 Å². The van der Waals surface area contributed by atoms with E-state index >= 15 is 0 Å². The molecule has 0 bridgehead atoms. The van der Waals surface area contributed by atoms with Crippen molar-refractivity contribution < 1.29 is 17.9 Å². The van der Waals surface area contributed by atoms with Gasteiger partial charge in [0.1, 0.15) is 16.2 Å². The first-order chi connectivity index (χ1) is 14.8. The molecular weight excluding hydrogens is 479 g/mol.